The standard InChI is InChI=1S/C12H14O3/c1-10(13)15-12(14)9-5-8-11-6-3-2-4-7-11/h2-4,6-7H,5,8-9H2,1H3. The molecule has 0 spiro atoms. The molecule has 3 heteroatoms. The lowest BCUT2D eigenvalue weighted by atomic mass is 10.1. The van der Waals surface area contributed by atoms with Crippen molar-refractivity contribution in [1.82, 2.24) is 0 Å². The van der Waals surface area contributed by atoms with Crippen molar-refractivity contribution in [3.63, 3.8) is 0 Å². The minimum Gasteiger partial charge on any atom is -0.393 e. The maximum absolute atomic E-state index is 11.0. The summed E-state index contributed by atoms with van der Waals surface area (Å²) in [5, 5.41) is 0. The number of rotatable bonds is 4. The molecule has 3 nitrogen and oxygen atoms in total. The zero-order valence-electron chi connectivity index (χ0n) is 8.73. The van der Waals surface area contributed by atoms with Crippen molar-refractivity contribution in [3.8, 4) is 0 Å². The number of aryl methyl sites for hydroxylation is 1. The Morgan fingerprint density at radius 1 is 1.20 bits per heavy atom. The normalized spacial score (nSPS) is 9.67. The molecule has 0 radical (unpaired) electrons. The smallest absolute Gasteiger partial charge is 0.313 e. The molecule has 0 bridgehead atoms. The molecule has 0 aromatic heterocycles. The summed E-state index contributed by atoms with van der Waals surface area (Å²) in [6.45, 7) is 1.23. The summed E-state index contributed by atoms with van der Waals surface area (Å²) in [5.41, 5.74) is 1.19. The first-order chi connectivity index (χ1) is 7.18. The predicted octanol–water partition coefficient (Wildman–Crippen LogP) is 2.10. The van der Waals surface area contributed by atoms with E-state index < -0.39 is 11.9 Å². The van der Waals surface area contributed by atoms with Crippen molar-refractivity contribution in [3.05, 3.63) is 35.9 Å². The summed E-state index contributed by atoms with van der Waals surface area (Å²) in [6.07, 6.45) is 1.82. The predicted molar refractivity (Wildman–Crippen MR) is 56.2 cm³/mol. The van der Waals surface area contributed by atoms with Crippen LogP contribution in [0.4, 0.5) is 0 Å². The lowest BCUT2D eigenvalue weighted by Gasteiger charge is -2.00. The lowest BCUT2D eigenvalue weighted by molar-refractivity contribution is -0.158. The molecule has 0 heterocycles. The van der Waals surface area contributed by atoms with E-state index in [2.05, 4.69) is 4.74 Å². The van der Waals surface area contributed by atoms with E-state index in [4.69, 9.17) is 0 Å². The first-order valence-electron chi connectivity index (χ1n) is 4.93. The van der Waals surface area contributed by atoms with Gasteiger partial charge in [-0.2, -0.15) is 0 Å². The van der Waals surface area contributed by atoms with Gasteiger partial charge in [0.2, 0.25) is 0 Å². The Morgan fingerprint density at radius 3 is 2.47 bits per heavy atom. The van der Waals surface area contributed by atoms with Gasteiger partial charge >= 0.3 is 11.9 Å². The molecule has 0 aliphatic rings. The largest absolute Gasteiger partial charge is 0.393 e. The van der Waals surface area contributed by atoms with Crippen molar-refractivity contribution in [1.29, 1.82) is 0 Å². The minimum absolute atomic E-state index is 0.286. The van der Waals surface area contributed by atoms with Crippen LogP contribution >= 0.6 is 0 Å². The van der Waals surface area contributed by atoms with E-state index in [1.165, 1.54) is 12.5 Å². The zero-order valence-corrected chi connectivity index (χ0v) is 8.73. The van der Waals surface area contributed by atoms with Crippen molar-refractivity contribution in [2.24, 2.45) is 0 Å². The topological polar surface area (TPSA) is 43.4 Å². The average Bonchev–Trinajstić information content (AvgIpc) is 2.18. The second kappa shape index (κ2) is 5.96. The molecule has 1 rings (SSSR count). The number of hydrogen-bond acceptors (Lipinski definition) is 3. The van der Waals surface area contributed by atoms with Gasteiger partial charge in [-0.3, -0.25) is 9.59 Å². The number of carbonyl (C=O) groups is 2. The van der Waals surface area contributed by atoms with Crippen LogP contribution in [-0.4, -0.2) is 11.9 Å². The highest BCUT2D eigenvalue weighted by atomic mass is 16.6. The molecule has 0 N–H and O–H groups in total. The van der Waals surface area contributed by atoms with Crippen LogP contribution in [0.3, 0.4) is 0 Å². The van der Waals surface area contributed by atoms with Gasteiger partial charge in [-0.05, 0) is 18.4 Å². The second-order valence-electron chi connectivity index (χ2n) is 3.30. The van der Waals surface area contributed by atoms with Crippen molar-refractivity contribution < 1.29 is 14.3 Å². The summed E-state index contributed by atoms with van der Waals surface area (Å²) < 4.78 is 4.41. The van der Waals surface area contributed by atoms with Crippen LogP contribution in [0.1, 0.15) is 25.3 Å². The van der Waals surface area contributed by atoms with Gasteiger partial charge in [0.25, 0.3) is 0 Å². The van der Waals surface area contributed by atoms with Crippen molar-refractivity contribution >= 4 is 11.9 Å². The molecule has 0 aliphatic heterocycles. The Kier molecular flexibility index (Phi) is 4.54. The van der Waals surface area contributed by atoms with Gasteiger partial charge in [0, 0.05) is 13.3 Å². The Morgan fingerprint density at radius 2 is 1.87 bits per heavy atom. The SMILES string of the molecule is CC(=O)OC(=O)CCCc1ccccc1. The Balaban J connectivity index is 2.22. The van der Waals surface area contributed by atoms with Gasteiger partial charge in [-0.15, -0.1) is 0 Å². The molecule has 1 aromatic carbocycles. The Hall–Kier alpha value is -1.64. The van der Waals surface area contributed by atoms with Crippen molar-refractivity contribution in [2.45, 2.75) is 26.2 Å². The van der Waals surface area contributed by atoms with Gasteiger partial charge in [-0.1, -0.05) is 30.3 Å². The Labute approximate surface area is 89.1 Å². The van der Waals surface area contributed by atoms with Crippen LogP contribution in [0.25, 0.3) is 0 Å². The monoisotopic (exact) mass is 206 g/mol. The summed E-state index contributed by atoms with van der Waals surface area (Å²) in [6, 6.07) is 9.90. The van der Waals surface area contributed by atoms with Gasteiger partial charge < -0.3 is 4.74 Å². The third-order valence-electron chi connectivity index (χ3n) is 1.95. The molecule has 0 fully saturated rings. The van der Waals surface area contributed by atoms with E-state index in [0.717, 1.165) is 6.42 Å². The second-order valence-corrected chi connectivity index (χ2v) is 3.30. The molecule has 0 atom stereocenters. The number of ether oxygens (including phenoxy) is 1. The molecular formula is C12H14O3. The van der Waals surface area contributed by atoms with E-state index >= 15 is 0 Å². The van der Waals surface area contributed by atoms with Crippen LogP contribution in [0.2, 0.25) is 0 Å². The first kappa shape index (κ1) is 11.4. The third-order valence-corrected chi connectivity index (χ3v) is 1.95. The van der Waals surface area contributed by atoms with E-state index in [0.29, 0.717) is 6.42 Å². The van der Waals surface area contributed by atoms with Crippen LogP contribution in [0.5, 0.6) is 0 Å². The number of benzene rings is 1. The third kappa shape index (κ3) is 4.96. The van der Waals surface area contributed by atoms with Crippen LogP contribution in [0, 0.1) is 0 Å². The highest BCUT2D eigenvalue weighted by Crippen LogP contribution is 2.05. The van der Waals surface area contributed by atoms with E-state index in [1.807, 2.05) is 30.3 Å². The summed E-state index contributed by atoms with van der Waals surface area (Å²) in [7, 11) is 0. The van der Waals surface area contributed by atoms with Crippen molar-refractivity contribution in [2.75, 3.05) is 0 Å². The summed E-state index contributed by atoms with van der Waals surface area (Å²) >= 11 is 0. The fourth-order valence-electron chi connectivity index (χ4n) is 1.29. The zero-order chi connectivity index (χ0) is 11.1. The van der Waals surface area contributed by atoms with E-state index in [9.17, 15) is 9.59 Å². The van der Waals surface area contributed by atoms with Gasteiger partial charge in [0.1, 0.15) is 0 Å². The molecule has 15 heavy (non-hydrogen) atoms. The highest BCUT2D eigenvalue weighted by molar-refractivity contribution is 5.83. The molecule has 0 saturated heterocycles. The quantitative estimate of drug-likeness (QED) is 0.559. The highest BCUT2D eigenvalue weighted by Gasteiger charge is 2.05. The molecule has 0 saturated carbocycles. The molecule has 0 unspecified atom stereocenters. The van der Waals surface area contributed by atoms with Gasteiger partial charge in [0.15, 0.2) is 0 Å². The number of carbonyl (C=O) groups excluding carboxylic acids is 2. The lowest BCUT2D eigenvalue weighted by Crippen LogP contribution is -2.08. The average molecular weight is 206 g/mol. The Bertz CT molecular complexity index is 330. The molecule has 1 aromatic rings. The number of hydrogen-bond donors (Lipinski definition) is 0. The van der Waals surface area contributed by atoms with Crippen LogP contribution in [-0.2, 0) is 20.7 Å². The van der Waals surface area contributed by atoms with E-state index in [1.54, 1.807) is 0 Å². The molecule has 0 aliphatic carbocycles. The first-order valence-corrected chi connectivity index (χ1v) is 4.93. The number of esters is 2. The fourth-order valence-corrected chi connectivity index (χ4v) is 1.29. The maximum Gasteiger partial charge on any atom is 0.313 e. The van der Waals surface area contributed by atoms with Crippen LogP contribution < -0.4 is 0 Å². The van der Waals surface area contributed by atoms with Gasteiger partial charge in [0.05, 0.1) is 0 Å². The minimum atomic E-state index is -0.542. The summed E-state index contributed by atoms with van der Waals surface area (Å²) in [5.74, 6) is -0.988. The maximum atomic E-state index is 11.0. The molecule has 80 valence electrons. The fraction of sp³-hybridized carbons (Fsp3) is 0.333. The van der Waals surface area contributed by atoms with Crippen LogP contribution in [0.15, 0.2) is 30.3 Å². The molecular weight excluding hydrogens is 192 g/mol. The van der Waals surface area contributed by atoms with E-state index in [-0.39, 0.29) is 6.42 Å². The molecule has 0 amide bonds. The summed E-state index contributed by atoms with van der Waals surface area (Å²) in [4.78, 5) is 21.4. The van der Waals surface area contributed by atoms with Gasteiger partial charge in [-0.25, -0.2) is 0 Å².